The van der Waals surface area contributed by atoms with Crippen LogP contribution in [-0.4, -0.2) is 34.8 Å². The maximum absolute atomic E-state index is 11.8. The molecule has 0 N–H and O–H groups in total. The highest BCUT2D eigenvalue weighted by molar-refractivity contribution is 6.14. The summed E-state index contributed by atoms with van der Waals surface area (Å²) in [5.74, 6) is -1.42. The molecule has 0 unspecified atom stereocenters. The topological polar surface area (TPSA) is 63.7 Å². The first-order valence-electron chi connectivity index (χ1n) is 6.26. The Morgan fingerprint density at radius 2 is 1.78 bits per heavy atom. The van der Waals surface area contributed by atoms with E-state index in [2.05, 4.69) is 0 Å². The minimum Gasteiger partial charge on any atom is -0.458 e. The molecular weight excluding hydrogens is 234 g/mol. The number of rotatable bonds is 3. The first-order chi connectivity index (χ1) is 8.50. The van der Waals surface area contributed by atoms with Crippen molar-refractivity contribution in [1.82, 2.24) is 4.90 Å². The number of carbonyl (C=O) groups excluding carboxylic acids is 3. The maximum atomic E-state index is 11.8. The molecule has 1 aliphatic carbocycles. The van der Waals surface area contributed by atoms with Crippen molar-refractivity contribution in [2.45, 2.75) is 44.6 Å². The van der Waals surface area contributed by atoms with Crippen molar-refractivity contribution >= 4 is 17.8 Å². The molecule has 0 spiro atoms. The van der Waals surface area contributed by atoms with E-state index in [0.717, 1.165) is 42.7 Å². The molecule has 0 aromatic heterocycles. The number of hydrogen-bond acceptors (Lipinski definition) is 4. The summed E-state index contributed by atoms with van der Waals surface area (Å²) in [6.07, 6.45) is 7.29. The number of nitrogens with zero attached hydrogens (tertiary/aromatic N) is 1. The van der Waals surface area contributed by atoms with Gasteiger partial charge in [0.1, 0.15) is 12.1 Å². The molecule has 1 saturated carbocycles. The van der Waals surface area contributed by atoms with Crippen LogP contribution in [0.1, 0.15) is 39.0 Å². The second-order valence-corrected chi connectivity index (χ2v) is 5.08. The van der Waals surface area contributed by atoms with Crippen LogP contribution in [0.5, 0.6) is 0 Å². The zero-order valence-electron chi connectivity index (χ0n) is 10.5. The van der Waals surface area contributed by atoms with E-state index in [0.29, 0.717) is 0 Å². The third-order valence-electron chi connectivity index (χ3n) is 3.46. The van der Waals surface area contributed by atoms with Gasteiger partial charge in [-0.2, -0.15) is 0 Å². The van der Waals surface area contributed by atoms with Gasteiger partial charge in [0.15, 0.2) is 0 Å². The summed E-state index contributed by atoms with van der Waals surface area (Å²) in [4.78, 5) is 35.3. The van der Waals surface area contributed by atoms with Crippen molar-refractivity contribution in [3.63, 3.8) is 0 Å². The minimum atomic E-state index is -0.509. The van der Waals surface area contributed by atoms with Gasteiger partial charge in [0.25, 0.3) is 11.8 Å². The molecule has 0 radical (unpaired) electrons. The highest BCUT2D eigenvalue weighted by atomic mass is 16.6. The third kappa shape index (κ3) is 2.78. The standard InChI is InChI=1S/C13H17NO4/c1-13(7-3-2-4-8-13)18-12(17)9-14-10(15)5-6-11(14)16/h5-6H,2-4,7-9H2,1H3. The Balaban J connectivity index is 1.89. The Hall–Kier alpha value is -1.65. The lowest BCUT2D eigenvalue weighted by molar-refractivity contribution is -0.165. The predicted octanol–water partition coefficient (Wildman–Crippen LogP) is 1.18. The van der Waals surface area contributed by atoms with Gasteiger partial charge >= 0.3 is 5.97 Å². The summed E-state index contributed by atoms with van der Waals surface area (Å²) in [6, 6.07) is 0. The first-order valence-corrected chi connectivity index (χ1v) is 6.26. The lowest BCUT2D eigenvalue weighted by Crippen LogP contribution is -2.41. The monoisotopic (exact) mass is 251 g/mol. The summed E-state index contributed by atoms with van der Waals surface area (Å²) in [5.41, 5.74) is -0.436. The van der Waals surface area contributed by atoms with E-state index in [1.807, 2.05) is 6.92 Å². The Bertz CT molecular complexity index is 389. The van der Waals surface area contributed by atoms with Crippen LogP contribution in [0.3, 0.4) is 0 Å². The fourth-order valence-corrected chi connectivity index (χ4v) is 2.42. The van der Waals surface area contributed by atoms with Crippen LogP contribution in [0.25, 0.3) is 0 Å². The van der Waals surface area contributed by atoms with Gasteiger partial charge in [0, 0.05) is 12.2 Å². The number of amides is 2. The van der Waals surface area contributed by atoms with Gasteiger partial charge in [-0.1, -0.05) is 6.42 Å². The summed E-state index contributed by atoms with van der Waals surface area (Å²) >= 11 is 0. The lowest BCUT2D eigenvalue weighted by atomic mass is 9.86. The Kier molecular flexibility index (Phi) is 3.50. The van der Waals surface area contributed by atoms with Crippen LogP contribution in [-0.2, 0) is 19.1 Å². The lowest BCUT2D eigenvalue weighted by Gasteiger charge is -2.33. The van der Waals surface area contributed by atoms with Gasteiger partial charge < -0.3 is 4.74 Å². The molecule has 98 valence electrons. The molecule has 1 heterocycles. The number of carbonyl (C=O) groups is 3. The van der Waals surface area contributed by atoms with E-state index < -0.39 is 23.4 Å². The fraction of sp³-hybridized carbons (Fsp3) is 0.615. The zero-order valence-corrected chi connectivity index (χ0v) is 10.5. The molecule has 5 nitrogen and oxygen atoms in total. The van der Waals surface area contributed by atoms with Crippen molar-refractivity contribution in [2.24, 2.45) is 0 Å². The summed E-state index contributed by atoms with van der Waals surface area (Å²) in [6.45, 7) is 1.62. The number of hydrogen-bond donors (Lipinski definition) is 0. The average molecular weight is 251 g/mol. The van der Waals surface area contributed by atoms with Gasteiger partial charge in [0.2, 0.25) is 0 Å². The van der Waals surface area contributed by atoms with Crippen molar-refractivity contribution in [3.05, 3.63) is 12.2 Å². The van der Waals surface area contributed by atoms with Gasteiger partial charge in [-0.3, -0.25) is 19.3 Å². The van der Waals surface area contributed by atoms with Crippen molar-refractivity contribution in [2.75, 3.05) is 6.54 Å². The van der Waals surface area contributed by atoms with Crippen LogP contribution in [0.4, 0.5) is 0 Å². The van der Waals surface area contributed by atoms with Gasteiger partial charge in [-0.15, -0.1) is 0 Å². The molecule has 2 amide bonds. The summed E-state index contributed by atoms with van der Waals surface area (Å²) in [7, 11) is 0. The van der Waals surface area contributed by atoms with Crippen LogP contribution in [0.2, 0.25) is 0 Å². The van der Waals surface area contributed by atoms with E-state index in [4.69, 9.17) is 4.74 Å². The van der Waals surface area contributed by atoms with Gasteiger partial charge in [-0.25, -0.2) is 0 Å². The van der Waals surface area contributed by atoms with Gasteiger partial charge in [0.05, 0.1) is 0 Å². The molecule has 0 atom stereocenters. The van der Waals surface area contributed by atoms with Crippen LogP contribution in [0, 0.1) is 0 Å². The molecule has 2 aliphatic rings. The normalized spacial score (nSPS) is 22.4. The second kappa shape index (κ2) is 4.92. The van der Waals surface area contributed by atoms with Crippen LogP contribution < -0.4 is 0 Å². The Morgan fingerprint density at radius 1 is 1.22 bits per heavy atom. The third-order valence-corrected chi connectivity index (χ3v) is 3.46. The highest BCUT2D eigenvalue weighted by Gasteiger charge is 2.33. The number of imide groups is 1. The molecule has 0 bridgehead atoms. The summed E-state index contributed by atoms with van der Waals surface area (Å²) < 4.78 is 5.42. The number of ether oxygens (including phenoxy) is 1. The molecular formula is C13H17NO4. The minimum absolute atomic E-state index is 0.291. The average Bonchev–Trinajstić information content (AvgIpc) is 2.61. The van der Waals surface area contributed by atoms with E-state index in [1.54, 1.807) is 0 Å². The second-order valence-electron chi connectivity index (χ2n) is 5.08. The summed E-state index contributed by atoms with van der Waals surface area (Å²) in [5, 5.41) is 0. The molecule has 0 aromatic rings. The predicted molar refractivity (Wildman–Crippen MR) is 63.4 cm³/mol. The maximum Gasteiger partial charge on any atom is 0.326 e. The quantitative estimate of drug-likeness (QED) is 0.558. The SMILES string of the molecule is CC1(OC(=O)CN2C(=O)C=CC2=O)CCCCC1. The van der Waals surface area contributed by atoms with Crippen molar-refractivity contribution in [1.29, 1.82) is 0 Å². The van der Waals surface area contributed by atoms with Crippen LogP contribution in [0.15, 0.2) is 12.2 Å². The zero-order chi connectivity index (χ0) is 13.2. The highest BCUT2D eigenvalue weighted by Crippen LogP contribution is 2.31. The van der Waals surface area contributed by atoms with Gasteiger partial charge in [-0.05, 0) is 32.6 Å². The first kappa shape index (κ1) is 12.8. The molecule has 1 fully saturated rings. The molecule has 5 heteroatoms. The van der Waals surface area contributed by atoms with E-state index in [9.17, 15) is 14.4 Å². The largest absolute Gasteiger partial charge is 0.458 e. The fourth-order valence-electron chi connectivity index (χ4n) is 2.42. The van der Waals surface area contributed by atoms with Crippen molar-refractivity contribution < 1.29 is 19.1 Å². The van der Waals surface area contributed by atoms with Crippen molar-refractivity contribution in [3.8, 4) is 0 Å². The number of esters is 1. The molecule has 18 heavy (non-hydrogen) atoms. The molecule has 0 aromatic carbocycles. The van der Waals surface area contributed by atoms with E-state index >= 15 is 0 Å². The van der Waals surface area contributed by atoms with E-state index in [1.165, 1.54) is 6.42 Å². The molecule has 1 aliphatic heterocycles. The molecule has 0 saturated heterocycles. The molecule has 2 rings (SSSR count). The van der Waals surface area contributed by atoms with E-state index in [-0.39, 0.29) is 6.54 Å². The smallest absolute Gasteiger partial charge is 0.326 e. The Morgan fingerprint density at radius 3 is 2.33 bits per heavy atom. The van der Waals surface area contributed by atoms with Crippen LogP contribution >= 0.6 is 0 Å². The Labute approximate surface area is 106 Å².